The van der Waals surface area contributed by atoms with Gasteiger partial charge in [-0.1, -0.05) is 67.6 Å². The van der Waals surface area contributed by atoms with Gasteiger partial charge in [-0.05, 0) is 51.4 Å². The van der Waals surface area contributed by atoms with Gasteiger partial charge in [0.05, 0.1) is 0 Å². The fourth-order valence-corrected chi connectivity index (χ4v) is 3.56. The minimum Gasteiger partial charge on any atom is -0.307 e. The summed E-state index contributed by atoms with van der Waals surface area (Å²) in [6.45, 7) is 4.12. The fraction of sp³-hybridized carbons (Fsp3) is 0.417. The molecule has 0 aliphatic carbocycles. The molecule has 0 saturated heterocycles. The molecule has 3 nitrogen and oxygen atoms in total. The molecule has 1 amide bonds. The first-order valence-electron chi connectivity index (χ1n) is 9.82. The predicted molar refractivity (Wildman–Crippen MR) is 114 cm³/mol. The molecule has 2 rings (SSSR count). The summed E-state index contributed by atoms with van der Waals surface area (Å²) in [7, 11) is 4.26. The molecule has 0 N–H and O–H groups in total. The first-order valence-corrected chi connectivity index (χ1v) is 9.82. The highest BCUT2D eigenvalue weighted by molar-refractivity contribution is 5.84. The maximum atomic E-state index is 11.5. The highest BCUT2D eigenvalue weighted by Gasteiger charge is 2.35. The maximum absolute atomic E-state index is 11.5. The SMILES string of the molecule is CCC(=O)N=CCCC(CC(C)N(C)C)(c1ccccc1)c1ccccc1. The predicted octanol–water partition coefficient (Wildman–Crippen LogP) is 5.10. The molecule has 0 radical (unpaired) electrons. The van der Waals surface area contributed by atoms with Gasteiger partial charge in [0.15, 0.2) is 0 Å². The van der Waals surface area contributed by atoms with Gasteiger partial charge in [-0.3, -0.25) is 4.79 Å². The van der Waals surface area contributed by atoms with Crippen molar-refractivity contribution in [3.8, 4) is 0 Å². The Bertz CT molecular complexity index is 683. The Morgan fingerprint density at radius 1 is 1.04 bits per heavy atom. The molecule has 0 saturated carbocycles. The molecule has 0 heterocycles. The van der Waals surface area contributed by atoms with E-state index in [1.54, 1.807) is 6.21 Å². The van der Waals surface area contributed by atoms with Gasteiger partial charge in [0.1, 0.15) is 0 Å². The smallest absolute Gasteiger partial charge is 0.245 e. The zero-order valence-electron chi connectivity index (χ0n) is 17.1. The van der Waals surface area contributed by atoms with E-state index in [9.17, 15) is 4.79 Å². The van der Waals surface area contributed by atoms with E-state index in [0.717, 1.165) is 19.3 Å². The monoisotopic (exact) mass is 364 g/mol. The molecule has 0 aromatic heterocycles. The van der Waals surface area contributed by atoms with Crippen LogP contribution in [0.25, 0.3) is 0 Å². The summed E-state index contributed by atoms with van der Waals surface area (Å²) in [5.41, 5.74) is 2.52. The third-order valence-corrected chi connectivity index (χ3v) is 5.42. The third kappa shape index (κ3) is 5.61. The lowest BCUT2D eigenvalue weighted by Crippen LogP contribution is -2.37. The van der Waals surface area contributed by atoms with Crippen molar-refractivity contribution >= 4 is 12.1 Å². The van der Waals surface area contributed by atoms with Crippen molar-refractivity contribution in [3.05, 3.63) is 71.8 Å². The summed E-state index contributed by atoms with van der Waals surface area (Å²) >= 11 is 0. The van der Waals surface area contributed by atoms with Crippen LogP contribution in [0.2, 0.25) is 0 Å². The Balaban J connectivity index is 2.45. The average Bonchev–Trinajstić information content (AvgIpc) is 2.71. The van der Waals surface area contributed by atoms with Crippen molar-refractivity contribution in [2.75, 3.05) is 14.1 Å². The molecule has 2 aromatic rings. The molecule has 27 heavy (non-hydrogen) atoms. The Labute approximate surface area is 164 Å². The minimum absolute atomic E-state index is 0.0540. The van der Waals surface area contributed by atoms with E-state index in [0.29, 0.717) is 12.5 Å². The summed E-state index contributed by atoms with van der Waals surface area (Å²) in [6, 6.07) is 21.9. The van der Waals surface area contributed by atoms with E-state index in [1.807, 2.05) is 6.92 Å². The van der Waals surface area contributed by atoms with E-state index >= 15 is 0 Å². The van der Waals surface area contributed by atoms with Gasteiger partial charge in [-0.2, -0.15) is 0 Å². The lowest BCUT2D eigenvalue weighted by atomic mass is 9.67. The summed E-state index contributed by atoms with van der Waals surface area (Å²) in [4.78, 5) is 17.9. The highest BCUT2D eigenvalue weighted by atomic mass is 16.1. The van der Waals surface area contributed by atoms with Gasteiger partial charge >= 0.3 is 0 Å². The van der Waals surface area contributed by atoms with Crippen LogP contribution in [0, 0.1) is 0 Å². The molecule has 0 spiro atoms. The number of carbonyl (C=O) groups excluding carboxylic acids is 1. The number of aliphatic imine (C=N–C) groups is 1. The highest BCUT2D eigenvalue weighted by Crippen LogP contribution is 2.41. The average molecular weight is 365 g/mol. The second-order valence-electron chi connectivity index (χ2n) is 7.43. The normalized spacial score (nSPS) is 13.2. The molecule has 0 fully saturated rings. The third-order valence-electron chi connectivity index (χ3n) is 5.42. The second kappa shape index (κ2) is 10.2. The first kappa shape index (κ1) is 21.0. The van der Waals surface area contributed by atoms with Crippen LogP contribution >= 0.6 is 0 Å². The van der Waals surface area contributed by atoms with Crippen LogP contribution in [-0.4, -0.2) is 37.2 Å². The van der Waals surface area contributed by atoms with E-state index in [1.165, 1.54) is 11.1 Å². The van der Waals surface area contributed by atoms with E-state index < -0.39 is 0 Å². The van der Waals surface area contributed by atoms with Gasteiger partial charge in [-0.15, -0.1) is 0 Å². The zero-order chi connectivity index (χ0) is 19.7. The topological polar surface area (TPSA) is 32.7 Å². The van der Waals surface area contributed by atoms with Crippen LogP contribution in [0.4, 0.5) is 0 Å². The van der Waals surface area contributed by atoms with Crippen LogP contribution in [0.5, 0.6) is 0 Å². The lowest BCUT2D eigenvalue weighted by molar-refractivity contribution is -0.117. The molecule has 2 aromatic carbocycles. The number of carbonyl (C=O) groups is 1. The Hall–Kier alpha value is -2.26. The number of benzene rings is 2. The molecule has 0 bridgehead atoms. The van der Waals surface area contributed by atoms with Crippen molar-refractivity contribution in [1.82, 2.24) is 4.90 Å². The van der Waals surface area contributed by atoms with Gasteiger partial charge in [-0.25, -0.2) is 4.99 Å². The summed E-state index contributed by atoms with van der Waals surface area (Å²) in [6.07, 6.45) is 4.95. The second-order valence-corrected chi connectivity index (χ2v) is 7.43. The van der Waals surface area contributed by atoms with Crippen molar-refractivity contribution in [3.63, 3.8) is 0 Å². The number of nitrogens with zero attached hydrogens (tertiary/aromatic N) is 2. The molecule has 0 aliphatic heterocycles. The Morgan fingerprint density at radius 3 is 2.00 bits per heavy atom. The quantitative estimate of drug-likeness (QED) is 0.580. The standard InChI is InChI=1S/C24H32N2O/c1-5-23(27)25-18-12-17-24(19-20(2)26(3)4,21-13-8-6-9-14-21)22-15-10-7-11-16-22/h6-11,13-16,18,20H,5,12,17,19H2,1-4H3. The van der Waals surface area contributed by atoms with E-state index in [2.05, 4.69) is 91.6 Å². The van der Waals surface area contributed by atoms with Gasteiger partial charge in [0, 0.05) is 24.1 Å². The Kier molecular flexibility index (Phi) is 7.93. The van der Waals surface area contributed by atoms with Crippen LogP contribution in [0.3, 0.4) is 0 Å². The summed E-state index contributed by atoms with van der Waals surface area (Å²) < 4.78 is 0. The molecule has 1 unspecified atom stereocenters. The molecule has 3 heteroatoms. The van der Waals surface area contributed by atoms with Crippen LogP contribution in [-0.2, 0) is 10.2 Å². The van der Waals surface area contributed by atoms with Crippen LogP contribution in [0.15, 0.2) is 65.7 Å². The van der Waals surface area contributed by atoms with E-state index in [4.69, 9.17) is 0 Å². The lowest BCUT2D eigenvalue weighted by Gasteiger charge is -2.39. The Morgan fingerprint density at radius 2 is 1.56 bits per heavy atom. The summed E-state index contributed by atoms with van der Waals surface area (Å²) in [5, 5.41) is 0. The van der Waals surface area contributed by atoms with Crippen molar-refractivity contribution in [2.24, 2.45) is 4.99 Å². The minimum atomic E-state index is -0.118. The number of rotatable bonds is 9. The summed E-state index contributed by atoms with van der Waals surface area (Å²) in [5.74, 6) is -0.0540. The molecule has 0 aliphatic rings. The van der Waals surface area contributed by atoms with Crippen molar-refractivity contribution in [2.45, 2.75) is 51.0 Å². The number of amides is 1. The largest absolute Gasteiger partial charge is 0.307 e. The van der Waals surface area contributed by atoms with Crippen LogP contribution < -0.4 is 0 Å². The van der Waals surface area contributed by atoms with Gasteiger partial charge < -0.3 is 4.90 Å². The molecular formula is C24H32N2O. The zero-order valence-corrected chi connectivity index (χ0v) is 17.1. The van der Waals surface area contributed by atoms with Gasteiger partial charge in [0.25, 0.3) is 0 Å². The van der Waals surface area contributed by atoms with Crippen molar-refractivity contribution < 1.29 is 4.79 Å². The first-order chi connectivity index (χ1) is 13.0. The fourth-order valence-electron chi connectivity index (χ4n) is 3.56. The molecule has 144 valence electrons. The van der Waals surface area contributed by atoms with Crippen molar-refractivity contribution in [1.29, 1.82) is 0 Å². The number of hydrogen-bond donors (Lipinski definition) is 0. The van der Waals surface area contributed by atoms with Crippen LogP contribution in [0.1, 0.15) is 50.7 Å². The molecule has 1 atom stereocenters. The maximum Gasteiger partial charge on any atom is 0.245 e. The van der Waals surface area contributed by atoms with E-state index in [-0.39, 0.29) is 11.3 Å². The molecular weight excluding hydrogens is 332 g/mol. The van der Waals surface area contributed by atoms with Gasteiger partial charge in [0.2, 0.25) is 5.91 Å². The number of hydrogen-bond acceptors (Lipinski definition) is 2.